The van der Waals surface area contributed by atoms with Crippen molar-refractivity contribution in [3.63, 3.8) is 0 Å². The molecule has 1 fully saturated rings. The summed E-state index contributed by atoms with van der Waals surface area (Å²) in [7, 11) is -17.9. The van der Waals surface area contributed by atoms with Crippen molar-refractivity contribution < 1.29 is 150 Å². The number of azide groups is 1. The Labute approximate surface area is 272 Å². The molecule has 21 nitrogen and oxygen atoms in total. The van der Waals surface area contributed by atoms with Gasteiger partial charge in [-0.3, -0.25) is 18.3 Å². The van der Waals surface area contributed by atoms with Crippen molar-refractivity contribution in [2.24, 2.45) is 5.11 Å². The second-order valence-electron chi connectivity index (χ2n) is 6.27. The van der Waals surface area contributed by atoms with Gasteiger partial charge in [0, 0.05) is 4.91 Å². The minimum Gasteiger partial charge on any atom is -0.756 e. The fourth-order valence-corrected chi connectivity index (χ4v) is 5.69. The van der Waals surface area contributed by atoms with E-state index in [1.807, 2.05) is 0 Å². The number of aromatic nitrogens is 4. The van der Waals surface area contributed by atoms with Crippen LogP contribution in [0.3, 0.4) is 0 Å². The van der Waals surface area contributed by atoms with Crippen molar-refractivity contribution in [3.8, 4) is 0 Å². The summed E-state index contributed by atoms with van der Waals surface area (Å²) in [4.78, 5) is 55.8. The summed E-state index contributed by atoms with van der Waals surface area (Å²) in [5.74, 6) is -0.555. The van der Waals surface area contributed by atoms with Gasteiger partial charge in [-0.2, -0.15) is 0 Å². The number of aliphatic hydroxyl groups is 2. The molecule has 37 heavy (non-hydrogen) atoms. The number of fused-ring (bicyclic) bond motifs is 1. The fourth-order valence-electron chi connectivity index (χ4n) is 2.79. The monoisotopic (exact) mass is 614 g/mol. The van der Waals surface area contributed by atoms with Gasteiger partial charge in [-0.1, -0.05) is 0 Å². The quantitative estimate of drug-likeness (QED) is 0.0669. The number of hydrogen-bond acceptors (Lipinski definition) is 17. The van der Waals surface area contributed by atoms with Crippen molar-refractivity contribution >= 4 is 46.4 Å². The molecule has 0 saturated carbocycles. The van der Waals surface area contributed by atoms with Crippen LogP contribution in [-0.2, 0) is 31.6 Å². The molecule has 0 spiro atoms. The van der Waals surface area contributed by atoms with Gasteiger partial charge < -0.3 is 44.8 Å². The van der Waals surface area contributed by atoms with Crippen LogP contribution in [0.4, 0.5) is 11.8 Å². The van der Waals surface area contributed by atoms with Gasteiger partial charge in [0.05, 0.1) is 6.61 Å². The van der Waals surface area contributed by atoms with Gasteiger partial charge in [0.1, 0.15) is 24.6 Å². The number of aliphatic hydroxyl groups excluding tert-OH is 2. The molecule has 1 aliphatic heterocycles. The van der Waals surface area contributed by atoms with Crippen LogP contribution in [0.2, 0.25) is 0 Å². The second-order valence-corrected chi connectivity index (χ2v) is 10.6. The molecule has 27 heteroatoms. The Morgan fingerprint density at radius 1 is 1.14 bits per heavy atom. The molecule has 3 rings (SSSR count). The van der Waals surface area contributed by atoms with E-state index in [4.69, 9.17) is 20.9 Å². The molecule has 2 aromatic rings. The first-order chi connectivity index (χ1) is 15.6. The molecule has 3 heterocycles. The Hall–Kier alpha value is 0.950. The number of imidazole rings is 1. The van der Waals surface area contributed by atoms with Crippen LogP contribution in [0.1, 0.15) is 6.23 Å². The van der Waals surface area contributed by atoms with Gasteiger partial charge in [-0.25, -0.2) is 23.6 Å². The van der Waals surface area contributed by atoms with E-state index in [9.17, 15) is 38.6 Å². The normalized spacial score (nSPS) is 25.8. The van der Waals surface area contributed by atoms with Crippen LogP contribution in [0.25, 0.3) is 21.6 Å². The standard InChI is InChI=1S/C10H15N8O13P3.3Na/c11-7-4-8(14-2-13-7)18(10(15-4)16-17-12)9-6(20)5(19)3(29-9)1-28-33(24,25)31-34(26,27)30-32(21,22)23;;;/h2-3,5-6,9,19-20H,1H2,(H,24,25)(H,26,27)(H2,11,13,14)(H2,21,22,23);;;/q;3*+1/p-3. The van der Waals surface area contributed by atoms with Crippen molar-refractivity contribution in [3.05, 3.63) is 16.8 Å². The number of phosphoric acid groups is 3. The second kappa shape index (κ2) is 14.7. The van der Waals surface area contributed by atoms with E-state index in [1.54, 1.807) is 0 Å². The van der Waals surface area contributed by atoms with E-state index in [1.165, 1.54) is 0 Å². The number of anilines is 1. The molecule has 5 N–H and O–H groups in total. The van der Waals surface area contributed by atoms with Crippen LogP contribution in [-0.4, -0.2) is 59.5 Å². The number of phosphoric ester groups is 1. The molecule has 1 aliphatic rings. The van der Waals surface area contributed by atoms with Crippen molar-refractivity contribution in [2.45, 2.75) is 24.5 Å². The summed E-state index contributed by atoms with van der Waals surface area (Å²) in [5.41, 5.74) is 14.3. The first-order valence-corrected chi connectivity index (χ1v) is 12.8. The zero-order chi connectivity index (χ0) is 25.5. The summed E-state index contributed by atoms with van der Waals surface area (Å²) in [6.45, 7) is -1.16. The van der Waals surface area contributed by atoms with Crippen LogP contribution >= 0.6 is 23.5 Å². The Morgan fingerprint density at radius 3 is 2.32 bits per heavy atom. The minimum atomic E-state index is -6.14. The molecular formula is C10H12N8Na3O13P3. The van der Waals surface area contributed by atoms with E-state index in [2.05, 4.69) is 38.1 Å². The number of nitrogens with two attached hydrogens (primary N) is 1. The zero-order valence-electron chi connectivity index (χ0n) is 19.1. The first-order valence-electron chi connectivity index (χ1n) is 8.42. The van der Waals surface area contributed by atoms with E-state index in [-0.39, 0.29) is 106 Å². The van der Waals surface area contributed by atoms with Gasteiger partial charge in [0.25, 0.3) is 23.5 Å². The number of hydrogen-bond donors (Lipinski definition) is 4. The predicted octanol–water partition coefficient (Wildman–Crippen LogP) is -11.6. The average molecular weight is 614 g/mol. The molecule has 7 atom stereocenters. The molecule has 188 valence electrons. The number of nitrogen functional groups attached to an aromatic ring is 1. The number of rotatable bonds is 9. The van der Waals surface area contributed by atoms with Crippen LogP contribution < -0.4 is 109 Å². The largest absolute Gasteiger partial charge is 1.00 e. The molecular weight excluding hydrogens is 602 g/mol. The molecule has 0 aromatic carbocycles. The Morgan fingerprint density at radius 2 is 1.76 bits per heavy atom. The van der Waals surface area contributed by atoms with Crippen molar-refractivity contribution in [2.75, 3.05) is 12.3 Å². The number of ether oxygens (including phenoxy) is 1. The third-order valence-electron chi connectivity index (χ3n) is 4.01. The Kier molecular flexibility index (Phi) is 15.1. The predicted molar refractivity (Wildman–Crippen MR) is 97.6 cm³/mol. The zero-order valence-corrected chi connectivity index (χ0v) is 27.8. The van der Waals surface area contributed by atoms with Crippen LogP contribution in [0.15, 0.2) is 11.4 Å². The summed E-state index contributed by atoms with van der Waals surface area (Å²) >= 11 is 0. The van der Waals surface area contributed by atoms with E-state index < -0.39 is 60.6 Å². The third-order valence-corrected chi connectivity index (χ3v) is 7.70. The first kappa shape index (κ1) is 38.0. The average Bonchev–Trinajstić information content (AvgIpc) is 3.16. The van der Waals surface area contributed by atoms with Gasteiger partial charge in [0.15, 0.2) is 23.2 Å². The van der Waals surface area contributed by atoms with E-state index in [0.29, 0.717) is 0 Å². The molecule has 0 bridgehead atoms. The SMILES string of the molecule is [N-]=[N+]=Nc1nc2c(N)ncnc2n1C1OC(COP(=O)([O-])OP(=O)([O-])OP(=O)([O-])O)C(O)C1O.[Na+].[Na+].[Na+]. The van der Waals surface area contributed by atoms with Gasteiger partial charge >= 0.3 is 88.7 Å². The summed E-state index contributed by atoms with van der Waals surface area (Å²) < 4.78 is 50.5. The fraction of sp³-hybridized carbons (Fsp3) is 0.500. The maximum Gasteiger partial charge on any atom is 1.00 e. The van der Waals surface area contributed by atoms with Crippen molar-refractivity contribution in [1.29, 1.82) is 0 Å². The molecule has 1 saturated heterocycles. The Balaban J connectivity index is 0.00000432. The smallest absolute Gasteiger partial charge is 0.756 e. The molecule has 0 amide bonds. The number of nitrogens with zero attached hydrogens (tertiary/aromatic N) is 7. The van der Waals surface area contributed by atoms with Gasteiger partial charge in [-0.15, -0.1) is 0 Å². The molecule has 0 aliphatic carbocycles. The van der Waals surface area contributed by atoms with Gasteiger partial charge in [-0.05, 0) is 10.6 Å². The van der Waals surface area contributed by atoms with E-state index in [0.717, 1.165) is 10.9 Å². The maximum absolute atomic E-state index is 11.7. The molecule has 0 radical (unpaired) electrons. The summed E-state index contributed by atoms with van der Waals surface area (Å²) in [6.07, 6.45) is -5.94. The maximum atomic E-state index is 11.7. The van der Waals surface area contributed by atoms with Crippen LogP contribution in [0, 0.1) is 0 Å². The molecule has 7 unspecified atom stereocenters. The van der Waals surface area contributed by atoms with Crippen LogP contribution in [0.5, 0.6) is 0 Å². The van der Waals surface area contributed by atoms with Gasteiger partial charge in [0.2, 0.25) is 5.95 Å². The third kappa shape index (κ3) is 9.78. The van der Waals surface area contributed by atoms with E-state index >= 15 is 0 Å². The Bertz CT molecular complexity index is 1290. The summed E-state index contributed by atoms with van der Waals surface area (Å²) in [6, 6.07) is 0. The van der Waals surface area contributed by atoms with Crippen molar-refractivity contribution in [1.82, 2.24) is 19.5 Å². The topological polar surface area (TPSA) is 336 Å². The summed E-state index contributed by atoms with van der Waals surface area (Å²) in [5, 5.41) is 23.9. The minimum absolute atomic E-state index is 0. The molecule has 2 aromatic heterocycles.